The number of hydrogen-bond acceptors (Lipinski definition) is 5. The van der Waals surface area contributed by atoms with Crippen LogP contribution >= 0.6 is 11.3 Å². The first-order chi connectivity index (χ1) is 12.8. The van der Waals surface area contributed by atoms with Crippen molar-refractivity contribution in [3.8, 4) is 6.07 Å². The van der Waals surface area contributed by atoms with Gasteiger partial charge < -0.3 is 10.2 Å². The normalized spacial score (nSPS) is 17.4. The highest BCUT2D eigenvalue weighted by atomic mass is 32.1. The Hall–Kier alpha value is -2.39. The van der Waals surface area contributed by atoms with Crippen molar-refractivity contribution in [2.75, 3.05) is 18.0 Å². The standard InChI is InChI=1S/C20H22N4OS/c21-12-14-4-3-9-22-19(14)24-10-7-15(8-11-24)23-20(25)17-13-26-18-6-2-1-5-16(17)18/h3-4,9,13,15H,1-2,5-8,10-11H2,(H,23,25). The Morgan fingerprint density at radius 3 is 2.92 bits per heavy atom. The maximum atomic E-state index is 12.7. The number of anilines is 1. The SMILES string of the molecule is N#Cc1cccnc1N1CCC(NC(=O)c2csc3c2CCCC3)CC1. The van der Waals surface area contributed by atoms with Gasteiger partial charge in [0.1, 0.15) is 11.9 Å². The molecule has 134 valence electrons. The number of rotatable bonds is 3. The zero-order valence-corrected chi connectivity index (χ0v) is 15.5. The number of aromatic nitrogens is 1. The lowest BCUT2D eigenvalue weighted by molar-refractivity contribution is 0.0930. The topological polar surface area (TPSA) is 69.0 Å². The summed E-state index contributed by atoms with van der Waals surface area (Å²) in [5, 5.41) is 14.5. The van der Waals surface area contributed by atoms with Gasteiger partial charge in [-0.1, -0.05) is 0 Å². The fourth-order valence-corrected chi connectivity index (χ4v) is 5.05. The summed E-state index contributed by atoms with van der Waals surface area (Å²) in [7, 11) is 0. The molecule has 0 unspecified atom stereocenters. The van der Waals surface area contributed by atoms with Crippen LogP contribution in [-0.4, -0.2) is 30.0 Å². The van der Waals surface area contributed by atoms with Crippen molar-refractivity contribution in [1.29, 1.82) is 5.26 Å². The Morgan fingerprint density at radius 1 is 1.31 bits per heavy atom. The van der Waals surface area contributed by atoms with Crippen LogP contribution in [0.5, 0.6) is 0 Å². The van der Waals surface area contributed by atoms with Crippen molar-refractivity contribution in [1.82, 2.24) is 10.3 Å². The van der Waals surface area contributed by atoms with Crippen LogP contribution in [-0.2, 0) is 12.8 Å². The highest BCUT2D eigenvalue weighted by Gasteiger charge is 2.25. The van der Waals surface area contributed by atoms with Gasteiger partial charge in [0.2, 0.25) is 0 Å². The number of amides is 1. The molecule has 1 fully saturated rings. The number of fused-ring (bicyclic) bond motifs is 1. The van der Waals surface area contributed by atoms with Gasteiger partial charge in [-0.2, -0.15) is 5.26 Å². The first-order valence-corrected chi connectivity index (χ1v) is 10.1. The van der Waals surface area contributed by atoms with Gasteiger partial charge in [0.15, 0.2) is 0 Å². The summed E-state index contributed by atoms with van der Waals surface area (Å²) < 4.78 is 0. The molecule has 0 spiro atoms. The second-order valence-corrected chi connectivity index (χ2v) is 7.94. The molecule has 0 bridgehead atoms. The average Bonchev–Trinajstić information content (AvgIpc) is 3.13. The van der Waals surface area contributed by atoms with Crippen molar-refractivity contribution in [3.63, 3.8) is 0 Å². The molecular formula is C20H22N4OS. The van der Waals surface area contributed by atoms with Crippen molar-refractivity contribution in [2.24, 2.45) is 0 Å². The molecule has 2 aliphatic rings. The number of aryl methyl sites for hydroxylation is 1. The molecule has 6 heteroatoms. The zero-order chi connectivity index (χ0) is 17.9. The van der Waals surface area contributed by atoms with E-state index in [1.807, 2.05) is 5.38 Å². The predicted octanol–water partition coefficient (Wildman–Crippen LogP) is 3.29. The van der Waals surface area contributed by atoms with E-state index in [0.29, 0.717) is 5.56 Å². The van der Waals surface area contributed by atoms with Crippen molar-refractivity contribution in [2.45, 2.75) is 44.6 Å². The molecule has 5 nitrogen and oxygen atoms in total. The second-order valence-electron chi connectivity index (χ2n) is 6.98. The highest BCUT2D eigenvalue weighted by molar-refractivity contribution is 7.10. The van der Waals surface area contributed by atoms with Gasteiger partial charge in [-0.05, 0) is 56.2 Å². The van der Waals surface area contributed by atoms with Gasteiger partial charge in [-0.25, -0.2) is 4.98 Å². The van der Waals surface area contributed by atoms with E-state index in [4.69, 9.17) is 0 Å². The number of nitrogens with zero attached hydrogens (tertiary/aromatic N) is 3. The number of piperidine rings is 1. The number of nitriles is 1. The number of carbonyl (C=O) groups is 1. The summed E-state index contributed by atoms with van der Waals surface area (Å²) in [5.74, 6) is 0.838. The van der Waals surface area contributed by atoms with Gasteiger partial charge in [0, 0.05) is 35.6 Å². The van der Waals surface area contributed by atoms with Crippen LogP contribution in [0.25, 0.3) is 0 Å². The minimum Gasteiger partial charge on any atom is -0.355 e. The van der Waals surface area contributed by atoms with Crippen molar-refractivity contribution >= 4 is 23.1 Å². The summed E-state index contributed by atoms with van der Waals surface area (Å²) in [5.41, 5.74) is 2.78. The van der Waals surface area contributed by atoms with Crippen molar-refractivity contribution < 1.29 is 4.79 Å². The molecule has 1 aliphatic heterocycles. The minimum absolute atomic E-state index is 0.0819. The Kier molecular flexibility index (Phi) is 4.89. The molecule has 3 heterocycles. The van der Waals surface area contributed by atoms with E-state index in [1.165, 1.54) is 23.3 Å². The number of hydrogen-bond donors (Lipinski definition) is 1. The molecule has 0 radical (unpaired) electrons. The summed E-state index contributed by atoms with van der Waals surface area (Å²) in [6, 6.07) is 5.99. The van der Waals surface area contributed by atoms with E-state index >= 15 is 0 Å². The molecule has 1 N–H and O–H groups in total. The fourth-order valence-electron chi connectivity index (χ4n) is 3.92. The molecule has 2 aromatic heterocycles. The molecule has 1 aliphatic carbocycles. The van der Waals surface area contributed by atoms with Crippen LogP contribution in [0.4, 0.5) is 5.82 Å². The lowest BCUT2D eigenvalue weighted by atomic mass is 9.95. The summed E-state index contributed by atoms with van der Waals surface area (Å²) in [6.07, 6.45) is 8.06. The van der Waals surface area contributed by atoms with Crippen LogP contribution in [0, 0.1) is 11.3 Å². The van der Waals surface area contributed by atoms with Gasteiger partial charge in [0.25, 0.3) is 5.91 Å². The Balaban J connectivity index is 1.38. The summed E-state index contributed by atoms with van der Waals surface area (Å²) in [6.45, 7) is 1.61. The first kappa shape index (κ1) is 17.0. The Morgan fingerprint density at radius 2 is 2.12 bits per heavy atom. The van der Waals surface area contributed by atoms with Crippen LogP contribution in [0.3, 0.4) is 0 Å². The van der Waals surface area contributed by atoms with E-state index in [1.54, 1.807) is 29.7 Å². The largest absolute Gasteiger partial charge is 0.355 e. The van der Waals surface area contributed by atoms with Gasteiger partial charge >= 0.3 is 0 Å². The molecule has 0 saturated carbocycles. The number of thiophene rings is 1. The molecule has 1 saturated heterocycles. The average molecular weight is 366 g/mol. The predicted molar refractivity (Wildman–Crippen MR) is 103 cm³/mol. The van der Waals surface area contributed by atoms with Gasteiger partial charge in [-0.15, -0.1) is 11.3 Å². The van der Waals surface area contributed by atoms with Crippen molar-refractivity contribution in [3.05, 3.63) is 45.3 Å². The van der Waals surface area contributed by atoms with Gasteiger partial charge in [0.05, 0.1) is 11.1 Å². The highest BCUT2D eigenvalue weighted by Crippen LogP contribution is 2.30. The summed E-state index contributed by atoms with van der Waals surface area (Å²) >= 11 is 1.74. The quantitative estimate of drug-likeness (QED) is 0.905. The maximum Gasteiger partial charge on any atom is 0.252 e. The van der Waals surface area contributed by atoms with Gasteiger partial charge in [-0.3, -0.25) is 4.79 Å². The first-order valence-electron chi connectivity index (χ1n) is 9.26. The van der Waals surface area contributed by atoms with E-state index in [2.05, 4.69) is 21.3 Å². The fraction of sp³-hybridized carbons (Fsp3) is 0.450. The van der Waals surface area contributed by atoms with Crippen LogP contribution in [0.1, 0.15) is 52.0 Å². The third-order valence-electron chi connectivity index (χ3n) is 5.34. The third-order valence-corrected chi connectivity index (χ3v) is 6.43. The number of pyridine rings is 1. The van der Waals surface area contributed by atoms with E-state index in [-0.39, 0.29) is 11.9 Å². The molecular weight excluding hydrogens is 344 g/mol. The second kappa shape index (κ2) is 7.46. The maximum absolute atomic E-state index is 12.7. The lowest BCUT2D eigenvalue weighted by Gasteiger charge is -2.33. The summed E-state index contributed by atoms with van der Waals surface area (Å²) in [4.78, 5) is 20.6. The smallest absolute Gasteiger partial charge is 0.252 e. The molecule has 26 heavy (non-hydrogen) atoms. The minimum atomic E-state index is 0.0819. The third kappa shape index (κ3) is 3.32. The van der Waals surface area contributed by atoms with Crippen LogP contribution in [0.15, 0.2) is 23.7 Å². The molecule has 4 rings (SSSR count). The Bertz CT molecular complexity index is 846. The zero-order valence-electron chi connectivity index (χ0n) is 14.7. The molecule has 2 aromatic rings. The van der Waals surface area contributed by atoms with Crippen LogP contribution < -0.4 is 10.2 Å². The van der Waals surface area contributed by atoms with E-state index in [9.17, 15) is 10.1 Å². The Labute approximate surface area is 157 Å². The van der Waals surface area contributed by atoms with E-state index < -0.39 is 0 Å². The van der Waals surface area contributed by atoms with E-state index in [0.717, 1.165) is 50.2 Å². The molecule has 0 aromatic carbocycles. The molecule has 0 atom stereocenters. The van der Waals surface area contributed by atoms with Crippen LogP contribution in [0.2, 0.25) is 0 Å². The number of nitrogens with one attached hydrogen (secondary N) is 1. The number of carbonyl (C=O) groups excluding carboxylic acids is 1. The lowest BCUT2D eigenvalue weighted by Crippen LogP contribution is -2.45. The monoisotopic (exact) mass is 366 g/mol. The molecule has 1 amide bonds.